The molecule has 0 saturated heterocycles. The van der Waals surface area contributed by atoms with Gasteiger partial charge < -0.3 is 0 Å². The SMILES string of the molecule is CCCc1ccc(C(=O)C(Cl)CC)cc1. The molecular weight excluding hydrogens is 208 g/mol. The monoisotopic (exact) mass is 224 g/mol. The summed E-state index contributed by atoms with van der Waals surface area (Å²) in [5.74, 6) is 0.0298. The van der Waals surface area contributed by atoms with E-state index in [1.54, 1.807) is 0 Å². The van der Waals surface area contributed by atoms with Crippen molar-refractivity contribution >= 4 is 17.4 Å². The van der Waals surface area contributed by atoms with E-state index < -0.39 is 0 Å². The Morgan fingerprint density at radius 2 is 1.87 bits per heavy atom. The molecule has 0 fully saturated rings. The maximum atomic E-state index is 11.7. The van der Waals surface area contributed by atoms with E-state index >= 15 is 0 Å². The van der Waals surface area contributed by atoms with Crippen LogP contribution in [0.5, 0.6) is 0 Å². The van der Waals surface area contributed by atoms with Gasteiger partial charge in [0.2, 0.25) is 0 Å². The zero-order valence-corrected chi connectivity index (χ0v) is 10.1. The van der Waals surface area contributed by atoms with Crippen LogP contribution in [0.15, 0.2) is 24.3 Å². The van der Waals surface area contributed by atoms with Crippen molar-refractivity contribution in [2.24, 2.45) is 0 Å². The number of halogens is 1. The van der Waals surface area contributed by atoms with Crippen LogP contribution in [0.1, 0.15) is 42.6 Å². The second kappa shape index (κ2) is 5.92. The summed E-state index contributed by atoms with van der Waals surface area (Å²) in [6.07, 6.45) is 2.87. The molecule has 1 atom stereocenters. The van der Waals surface area contributed by atoms with E-state index in [1.165, 1.54) is 5.56 Å². The molecule has 0 amide bonds. The third kappa shape index (κ3) is 3.35. The van der Waals surface area contributed by atoms with Crippen LogP contribution < -0.4 is 0 Å². The number of carbonyl (C=O) groups is 1. The number of alkyl halides is 1. The summed E-state index contributed by atoms with van der Waals surface area (Å²) in [6, 6.07) is 7.77. The van der Waals surface area contributed by atoms with Gasteiger partial charge in [0, 0.05) is 5.56 Å². The van der Waals surface area contributed by atoms with Gasteiger partial charge in [-0.2, -0.15) is 0 Å². The quantitative estimate of drug-likeness (QED) is 0.549. The molecule has 0 bridgehead atoms. The fraction of sp³-hybridized carbons (Fsp3) is 0.462. The average Bonchev–Trinajstić information content (AvgIpc) is 2.28. The Bertz CT molecular complexity index is 316. The Morgan fingerprint density at radius 1 is 1.27 bits per heavy atom. The molecule has 2 heteroatoms. The maximum absolute atomic E-state index is 11.7. The molecule has 1 aromatic rings. The van der Waals surface area contributed by atoms with Crippen molar-refractivity contribution in [3.05, 3.63) is 35.4 Å². The normalized spacial score (nSPS) is 12.5. The zero-order chi connectivity index (χ0) is 11.3. The highest BCUT2D eigenvalue weighted by molar-refractivity contribution is 6.33. The molecular formula is C13H17ClO. The first kappa shape index (κ1) is 12.3. The molecule has 0 heterocycles. The van der Waals surface area contributed by atoms with Gasteiger partial charge >= 0.3 is 0 Å². The van der Waals surface area contributed by atoms with Crippen LogP contribution in [0.25, 0.3) is 0 Å². The minimum Gasteiger partial charge on any atom is -0.293 e. The molecule has 1 aromatic carbocycles. The van der Waals surface area contributed by atoms with E-state index in [-0.39, 0.29) is 11.2 Å². The molecule has 0 aliphatic carbocycles. The Balaban J connectivity index is 2.75. The van der Waals surface area contributed by atoms with Crippen molar-refractivity contribution < 1.29 is 4.79 Å². The summed E-state index contributed by atoms with van der Waals surface area (Å²) in [7, 11) is 0. The molecule has 0 aliphatic heterocycles. The summed E-state index contributed by atoms with van der Waals surface area (Å²) in [5.41, 5.74) is 1.99. The van der Waals surface area contributed by atoms with E-state index in [4.69, 9.17) is 11.6 Å². The third-order valence-corrected chi connectivity index (χ3v) is 2.93. The topological polar surface area (TPSA) is 17.1 Å². The number of ketones is 1. The van der Waals surface area contributed by atoms with Gasteiger partial charge in [-0.3, -0.25) is 4.79 Å². The minimum atomic E-state index is -0.387. The van der Waals surface area contributed by atoms with Gasteiger partial charge in [0.25, 0.3) is 0 Å². The predicted octanol–water partition coefficient (Wildman–Crippen LogP) is 3.84. The van der Waals surface area contributed by atoms with Crippen molar-refractivity contribution in [1.29, 1.82) is 0 Å². The molecule has 82 valence electrons. The highest BCUT2D eigenvalue weighted by Crippen LogP contribution is 2.13. The Morgan fingerprint density at radius 3 is 2.33 bits per heavy atom. The van der Waals surface area contributed by atoms with Crippen LogP contribution in [-0.2, 0) is 6.42 Å². The van der Waals surface area contributed by atoms with Crippen LogP contribution in [0.3, 0.4) is 0 Å². The lowest BCUT2D eigenvalue weighted by Crippen LogP contribution is -2.13. The Hall–Kier alpha value is -0.820. The van der Waals surface area contributed by atoms with Crippen molar-refractivity contribution in [3.8, 4) is 0 Å². The lowest BCUT2D eigenvalue weighted by atomic mass is 10.0. The number of aryl methyl sites for hydroxylation is 1. The molecule has 1 rings (SSSR count). The summed E-state index contributed by atoms with van der Waals surface area (Å²) in [6.45, 7) is 4.06. The number of carbonyl (C=O) groups excluding carboxylic acids is 1. The molecule has 0 aliphatic rings. The molecule has 0 N–H and O–H groups in total. The molecule has 0 saturated carbocycles. The fourth-order valence-corrected chi connectivity index (χ4v) is 1.62. The highest BCUT2D eigenvalue weighted by Gasteiger charge is 2.14. The summed E-state index contributed by atoms with van der Waals surface area (Å²) >= 11 is 5.90. The maximum Gasteiger partial charge on any atom is 0.180 e. The van der Waals surface area contributed by atoms with Crippen LogP contribution >= 0.6 is 11.6 Å². The van der Waals surface area contributed by atoms with Crippen molar-refractivity contribution in [2.75, 3.05) is 0 Å². The van der Waals surface area contributed by atoms with Gasteiger partial charge in [0.1, 0.15) is 0 Å². The standard InChI is InChI=1S/C13H17ClO/c1-3-5-10-6-8-11(9-7-10)13(15)12(14)4-2/h6-9,12H,3-5H2,1-2H3. The van der Waals surface area contributed by atoms with Crippen molar-refractivity contribution in [3.63, 3.8) is 0 Å². The van der Waals surface area contributed by atoms with E-state index in [0.29, 0.717) is 6.42 Å². The van der Waals surface area contributed by atoms with E-state index in [0.717, 1.165) is 18.4 Å². The molecule has 1 nitrogen and oxygen atoms in total. The number of hydrogen-bond acceptors (Lipinski definition) is 1. The first-order valence-electron chi connectivity index (χ1n) is 5.46. The lowest BCUT2D eigenvalue weighted by Gasteiger charge is -2.06. The average molecular weight is 225 g/mol. The summed E-state index contributed by atoms with van der Waals surface area (Å²) in [4.78, 5) is 11.7. The second-order valence-electron chi connectivity index (χ2n) is 3.69. The molecule has 15 heavy (non-hydrogen) atoms. The van der Waals surface area contributed by atoms with E-state index in [9.17, 15) is 4.79 Å². The zero-order valence-electron chi connectivity index (χ0n) is 9.29. The fourth-order valence-electron chi connectivity index (χ4n) is 1.49. The molecule has 1 unspecified atom stereocenters. The molecule has 0 radical (unpaired) electrons. The van der Waals surface area contributed by atoms with E-state index in [2.05, 4.69) is 6.92 Å². The smallest absolute Gasteiger partial charge is 0.180 e. The number of benzene rings is 1. The molecule has 0 spiro atoms. The van der Waals surface area contributed by atoms with Crippen LogP contribution in [-0.4, -0.2) is 11.2 Å². The predicted molar refractivity (Wildman–Crippen MR) is 64.7 cm³/mol. The van der Waals surface area contributed by atoms with Gasteiger partial charge in [0.05, 0.1) is 5.38 Å². The molecule has 0 aromatic heterocycles. The lowest BCUT2D eigenvalue weighted by molar-refractivity contribution is 0.0985. The summed E-state index contributed by atoms with van der Waals surface area (Å²) in [5, 5.41) is -0.387. The van der Waals surface area contributed by atoms with Crippen LogP contribution in [0.2, 0.25) is 0 Å². The highest BCUT2D eigenvalue weighted by atomic mass is 35.5. The first-order chi connectivity index (χ1) is 7.19. The number of hydrogen-bond donors (Lipinski definition) is 0. The number of rotatable bonds is 5. The van der Waals surface area contributed by atoms with E-state index in [1.807, 2.05) is 31.2 Å². The first-order valence-corrected chi connectivity index (χ1v) is 5.89. The van der Waals surface area contributed by atoms with Crippen molar-refractivity contribution in [1.82, 2.24) is 0 Å². The van der Waals surface area contributed by atoms with Gasteiger partial charge in [-0.1, -0.05) is 44.5 Å². The third-order valence-electron chi connectivity index (χ3n) is 2.42. The minimum absolute atomic E-state index is 0.0298. The Kier molecular flexibility index (Phi) is 4.83. The van der Waals surface area contributed by atoms with Gasteiger partial charge in [-0.25, -0.2) is 0 Å². The summed E-state index contributed by atoms with van der Waals surface area (Å²) < 4.78 is 0. The van der Waals surface area contributed by atoms with Crippen LogP contribution in [0, 0.1) is 0 Å². The van der Waals surface area contributed by atoms with Crippen LogP contribution in [0.4, 0.5) is 0 Å². The van der Waals surface area contributed by atoms with Gasteiger partial charge in [-0.05, 0) is 18.4 Å². The van der Waals surface area contributed by atoms with Gasteiger partial charge in [-0.15, -0.1) is 11.6 Å². The Labute approximate surface area is 96.5 Å². The number of Topliss-reactive ketones (excluding diaryl/α,β-unsaturated/α-hetero) is 1. The van der Waals surface area contributed by atoms with Crippen molar-refractivity contribution in [2.45, 2.75) is 38.5 Å². The largest absolute Gasteiger partial charge is 0.293 e. The van der Waals surface area contributed by atoms with Gasteiger partial charge in [0.15, 0.2) is 5.78 Å². The second-order valence-corrected chi connectivity index (χ2v) is 4.21.